The molecule has 1 N–H and O–H groups in total. The number of hydrogen-bond acceptors (Lipinski definition) is 3. The molecule has 0 aliphatic heterocycles. The fourth-order valence-electron chi connectivity index (χ4n) is 4.52. The van der Waals surface area contributed by atoms with Crippen molar-refractivity contribution in [2.45, 2.75) is 25.2 Å². The molecule has 0 saturated heterocycles. The SMILES string of the molecule is CNc1nnc(C2C3C4CCC(C4)C23)n1C. The van der Waals surface area contributed by atoms with E-state index in [-0.39, 0.29) is 0 Å². The van der Waals surface area contributed by atoms with Crippen molar-refractivity contribution in [3.8, 4) is 0 Å². The average molecular weight is 218 g/mol. The van der Waals surface area contributed by atoms with Crippen LogP contribution < -0.4 is 5.32 Å². The number of nitrogens with one attached hydrogen (secondary N) is 1. The lowest BCUT2D eigenvalue weighted by Gasteiger charge is -2.08. The van der Waals surface area contributed by atoms with Gasteiger partial charge in [-0.1, -0.05) is 0 Å². The Labute approximate surface area is 95.4 Å². The maximum absolute atomic E-state index is 4.38. The van der Waals surface area contributed by atoms with Crippen LogP contribution in [0.3, 0.4) is 0 Å². The van der Waals surface area contributed by atoms with E-state index in [0.717, 1.165) is 35.5 Å². The molecule has 1 aromatic rings. The van der Waals surface area contributed by atoms with Crippen molar-refractivity contribution in [2.24, 2.45) is 30.7 Å². The molecule has 3 saturated carbocycles. The summed E-state index contributed by atoms with van der Waals surface area (Å²) in [6.07, 6.45) is 4.45. The molecule has 16 heavy (non-hydrogen) atoms. The maximum Gasteiger partial charge on any atom is 0.224 e. The summed E-state index contributed by atoms with van der Waals surface area (Å²) in [6.45, 7) is 0. The van der Waals surface area contributed by atoms with Gasteiger partial charge in [-0.15, -0.1) is 10.2 Å². The minimum Gasteiger partial charge on any atom is -0.357 e. The van der Waals surface area contributed by atoms with Crippen molar-refractivity contribution in [3.05, 3.63) is 5.82 Å². The Morgan fingerprint density at radius 3 is 2.44 bits per heavy atom. The zero-order chi connectivity index (χ0) is 10.9. The van der Waals surface area contributed by atoms with Crippen LogP contribution in [0.25, 0.3) is 0 Å². The quantitative estimate of drug-likeness (QED) is 0.820. The molecule has 1 heterocycles. The smallest absolute Gasteiger partial charge is 0.224 e. The van der Waals surface area contributed by atoms with Gasteiger partial charge in [0.2, 0.25) is 5.95 Å². The monoisotopic (exact) mass is 218 g/mol. The van der Waals surface area contributed by atoms with Gasteiger partial charge >= 0.3 is 0 Å². The average Bonchev–Trinajstić information content (AvgIpc) is 2.68. The summed E-state index contributed by atoms with van der Waals surface area (Å²) in [7, 11) is 3.99. The van der Waals surface area contributed by atoms with Crippen molar-refractivity contribution in [1.29, 1.82) is 0 Å². The van der Waals surface area contributed by atoms with Crippen LogP contribution in [0.15, 0.2) is 0 Å². The first-order chi connectivity index (χ1) is 7.81. The maximum atomic E-state index is 4.38. The van der Waals surface area contributed by atoms with Gasteiger partial charge in [-0.05, 0) is 42.9 Å². The highest BCUT2D eigenvalue weighted by molar-refractivity contribution is 5.31. The van der Waals surface area contributed by atoms with Crippen LogP contribution in [0.4, 0.5) is 5.95 Å². The molecule has 0 spiro atoms. The van der Waals surface area contributed by atoms with Crippen molar-refractivity contribution in [2.75, 3.05) is 12.4 Å². The van der Waals surface area contributed by atoms with E-state index in [1.54, 1.807) is 0 Å². The van der Waals surface area contributed by atoms with Gasteiger partial charge in [0, 0.05) is 20.0 Å². The molecule has 4 nitrogen and oxygen atoms in total. The van der Waals surface area contributed by atoms with E-state index in [1.807, 2.05) is 7.05 Å². The third-order valence-corrected chi connectivity index (χ3v) is 5.17. The second-order valence-electron chi connectivity index (χ2n) is 5.70. The minimum atomic E-state index is 0.728. The van der Waals surface area contributed by atoms with Crippen LogP contribution in [0.1, 0.15) is 31.0 Å². The van der Waals surface area contributed by atoms with Gasteiger partial charge in [-0.25, -0.2) is 0 Å². The molecule has 4 rings (SSSR count). The third-order valence-electron chi connectivity index (χ3n) is 5.17. The lowest BCUT2D eigenvalue weighted by Crippen LogP contribution is -2.05. The molecule has 1 aromatic heterocycles. The summed E-state index contributed by atoms with van der Waals surface area (Å²) < 4.78 is 2.14. The molecule has 0 aromatic carbocycles. The summed E-state index contributed by atoms with van der Waals surface area (Å²) in [5.74, 6) is 6.76. The second kappa shape index (κ2) is 2.79. The van der Waals surface area contributed by atoms with Gasteiger partial charge in [0.25, 0.3) is 0 Å². The topological polar surface area (TPSA) is 42.7 Å². The number of rotatable bonds is 2. The van der Waals surface area contributed by atoms with Gasteiger partial charge in [0.15, 0.2) is 0 Å². The van der Waals surface area contributed by atoms with Crippen molar-refractivity contribution >= 4 is 5.95 Å². The molecule has 4 unspecified atom stereocenters. The summed E-state index contributed by atoms with van der Waals surface area (Å²) in [5, 5.41) is 11.7. The minimum absolute atomic E-state index is 0.728. The Hall–Kier alpha value is -1.06. The van der Waals surface area contributed by atoms with E-state index in [0.29, 0.717) is 0 Å². The molecular formula is C12H18N4. The van der Waals surface area contributed by atoms with E-state index in [1.165, 1.54) is 25.1 Å². The normalized spacial score (nSPS) is 43.5. The molecule has 3 aliphatic rings. The molecular weight excluding hydrogens is 200 g/mol. The van der Waals surface area contributed by atoms with Crippen LogP contribution in [0, 0.1) is 23.7 Å². The highest BCUT2D eigenvalue weighted by Crippen LogP contribution is 2.72. The van der Waals surface area contributed by atoms with Crippen LogP contribution in [0.2, 0.25) is 0 Å². The van der Waals surface area contributed by atoms with E-state index in [2.05, 4.69) is 27.1 Å². The Bertz CT molecular complexity index is 422. The summed E-state index contributed by atoms with van der Waals surface area (Å²) in [4.78, 5) is 0. The first-order valence-corrected chi connectivity index (χ1v) is 6.38. The fourth-order valence-corrected chi connectivity index (χ4v) is 4.52. The highest BCUT2D eigenvalue weighted by Gasteiger charge is 2.66. The molecule has 4 heteroatoms. The predicted molar refractivity (Wildman–Crippen MR) is 61.1 cm³/mol. The molecule has 3 fully saturated rings. The van der Waals surface area contributed by atoms with E-state index in [4.69, 9.17) is 0 Å². The van der Waals surface area contributed by atoms with E-state index < -0.39 is 0 Å². The predicted octanol–water partition coefficient (Wildman–Crippen LogP) is 1.62. The Balaban J connectivity index is 1.66. The molecule has 0 radical (unpaired) electrons. The summed E-state index contributed by atoms with van der Waals surface area (Å²) >= 11 is 0. The number of hydrogen-bond donors (Lipinski definition) is 1. The van der Waals surface area contributed by atoms with Crippen molar-refractivity contribution < 1.29 is 0 Å². The molecule has 86 valence electrons. The Morgan fingerprint density at radius 2 is 1.88 bits per heavy atom. The number of fused-ring (bicyclic) bond motifs is 5. The Kier molecular flexibility index (Phi) is 1.57. The van der Waals surface area contributed by atoms with Crippen LogP contribution >= 0.6 is 0 Å². The first-order valence-electron chi connectivity index (χ1n) is 6.38. The Morgan fingerprint density at radius 1 is 1.19 bits per heavy atom. The van der Waals surface area contributed by atoms with Gasteiger partial charge in [-0.3, -0.25) is 0 Å². The van der Waals surface area contributed by atoms with Gasteiger partial charge in [-0.2, -0.15) is 0 Å². The lowest BCUT2D eigenvalue weighted by atomic mass is 10.0. The fraction of sp³-hybridized carbons (Fsp3) is 0.833. The van der Waals surface area contributed by atoms with Crippen LogP contribution in [-0.4, -0.2) is 21.8 Å². The van der Waals surface area contributed by atoms with Crippen LogP contribution in [-0.2, 0) is 7.05 Å². The first kappa shape index (κ1) is 9.02. The van der Waals surface area contributed by atoms with Crippen molar-refractivity contribution in [1.82, 2.24) is 14.8 Å². The lowest BCUT2D eigenvalue weighted by molar-refractivity contribution is 0.456. The number of nitrogens with zero attached hydrogens (tertiary/aromatic N) is 3. The summed E-state index contributed by atoms with van der Waals surface area (Å²) in [5.41, 5.74) is 0. The van der Waals surface area contributed by atoms with Gasteiger partial charge < -0.3 is 9.88 Å². The largest absolute Gasteiger partial charge is 0.357 e. The third kappa shape index (κ3) is 0.913. The zero-order valence-corrected chi connectivity index (χ0v) is 9.85. The zero-order valence-electron chi connectivity index (χ0n) is 9.85. The summed E-state index contributed by atoms with van der Waals surface area (Å²) in [6, 6.07) is 0. The molecule has 2 bridgehead atoms. The van der Waals surface area contributed by atoms with E-state index in [9.17, 15) is 0 Å². The molecule has 4 atom stereocenters. The van der Waals surface area contributed by atoms with Crippen LogP contribution in [0.5, 0.6) is 0 Å². The molecule has 0 amide bonds. The standard InChI is InChI=1S/C12H18N4/c1-13-12-15-14-11(16(12)2)10-8-6-3-4-7(5-6)9(8)10/h6-10H,3-5H2,1-2H3,(H,13,15). The van der Waals surface area contributed by atoms with Crippen molar-refractivity contribution in [3.63, 3.8) is 0 Å². The van der Waals surface area contributed by atoms with Gasteiger partial charge in [0.05, 0.1) is 0 Å². The van der Waals surface area contributed by atoms with E-state index >= 15 is 0 Å². The number of aromatic nitrogens is 3. The highest BCUT2D eigenvalue weighted by atomic mass is 15.3. The van der Waals surface area contributed by atoms with Gasteiger partial charge in [0.1, 0.15) is 5.82 Å². The second-order valence-corrected chi connectivity index (χ2v) is 5.70. The number of anilines is 1. The molecule has 3 aliphatic carbocycles.